The molecule has 10 heavy (non-hydrogen) atoms. The molecule has 0 aromatic rings. The maximum Gasteiger partial charge on any atom is 0.134 e. The molecule has 1 aliphatic rings. The van der Waals surface area contributed by atoms with Crippen molar-refractivity contribution in [3.05, 3.63) is 0 Å². The highest BCUT2D eigenvalue weighted by Crippen LogP contribution is 2.42. The van der Waals surface area contributed by atoms with Crippen LogP contribution in [0.15, 0.2) is 0 Å². The van der Waals surface area contributed by atoms with E-state index in [4.69, 9.17) is 46.4 Å². The lowest BCUT2D eigenvalue weighted by molar-refractivity contribution is 0.492. The Balaban J connectivity index is 2.52. The van der Waals surface area contributed by atoms with Gasteiger partial charge in [-0.15, -0.1) is 46.4 Å². The molecule has 0 radical (unpaired) electrons. The van der Waals surface area contributed by atoms with E-state index in [9.17, 15) is 0 Å². The van der Waals surface area contributed by atoms with Crippen LogP contribution < -0.4 is 0 Å². The van der Waals surface area contributed by atoms with Crippen LogP contribution in [-0.2, 0) is 0 Å². The van der Waals surface area contributed by atoms with Gasteiger partial charge in [0.15, 0.2) is 0 Å². The summed E-state index contributed by atoms with van der Waals surface area (Å²) in [4.78, 5) is 0. The summed E-state index contributed by atoms with van der Waals surface area (Å²) in [6.07, 6.45) is 2.26. The topological polar surface area (TPSA) is 0 Å². The summed E-state index contributed by atoms with van der Waals surface area (Å²) < 4.78 is -0.757. The Morgan fingerprint density at radius 3 is 2.20 bits per heavy atom. The highest BCUT2D eigenvalue weighted by atomic mass is 35.5. The average Bonchev–Trinajstić information content (AvgIpc) is 1.81. The fourth-order valence-corrected chi connectivity index (χ4v) is 2.12. The molecule has 0 saturated heterocycles. The van der Waals surface area contributed by atoms with Crippen molar-refractivity contribution in [2.24, 2.45) is 0 Å². The zero-order chi connectivity index (χ0) is 7.78. The molecule has 1 saturated carbocycles. The minimum Gasteiger partial charge on any atom is -0.123 e. The van der Waals surface area contributed by atoms with Crippen LogP contribution in [0, 0.1) is 0 Å². The maximum absolute atomic E-state index is 5.86. The van der Waals surface area contributed by atoms with E-state index in [1.165, 1.54) is 0 Å². The van der Waals surface area contributed by atoms with Crippen molar-refractivity contribution in [3.8, 4) is 0 Å². The molecule has 1 aliphatic carbocycles. The van der Waals surface area contributed by atoms with E-state index >= 15 is 0 Å². The van der Waals surface area contributed by atoms with E-state index < -0.39 is 4.33 Å². The van der Waals surface area contributed by atoms with Gasteiger partial charge in [0.05, 0.1) is 5.38 Å². The molecule has 0 heterocycles. The Morgan fingerprint density at radius 2 is 1.80 bits per heavy atom. The predicted octanol–water partition coefficient (Wildman–Crippen LogP) is 3.56. The first-order chi connectivity index (χ1) is 4.52. The SMILES string of the molecule is Cl[C@@H]1CCC(Cl)(Cl)[C@H](Cl)C1. The van der Waals surface area contributed by atoms with Gasteiger partial charge in [-0.2, -0.15) is 0 Å². The summed E-state index contributed by atoms with van der Waals surface area (Å²) >= 11 is 23.4. The molecule has 2 atom stereocenters. The number of halogens is 4. The summed E-state index contributed by atoms with van der Waals surface area (Å²) in [5, 5.41) is -0.0554. The van der Waals surface area contributed by atoms with Gasteiger partial charge in [0.25, 0.3) is 0 Å². The van der Waals surface area contributed by atoms with Gasteiger partial charge in [-0.1, -0.05) is 0 Å². The molecular weight excluding hydrogens is 214 g/mol. The second-order valence-electron chi connectivity index (χ2n) is 2.60. The van der Waals surface area contributed by atoms with E-state index in [-0.39, 0.29) is 10.8 Å². The highest BCUT2D eigenvalue weighted by molar-refractivity contribution is 6.52. The van der Waals surface area contributed by atoms with Crippen LogP contribution >= 0.6 is 46.4 Å². The lowest BCUT2D eigenvalue weighted by Gasteiger charge is -2.32. The third kappa shape index (κ3) is 2.07. The summed E-state index contributed by atoms with van der Waals surface area (Å²) in [6, 6.07) is 0. The van der Waals surface area contributed by atoms with Gasteiger partial charge in [0, 0.05) is 5.38 Å². The van der Waals surface area contributed by atoms with Crippen molar-refractivity contribution in [2.45, 2.75) is 34.3 Å². The van der Waals surface area contributed by atoms with Crippen molar-refractivity contribution in [1.82, 2.24) is 0 Å². The van der Waals surface area contributed by atoms with Crippen LogP contribution in [0.25, 0.3) is 0 Å². The van der Waals surface area contributed by atoms with Crippen molar-refractivity contribution in [2.75, 3.05) is 0 Å². The van der Waals surface area contributed by atoms with Gasteiger partial charge in [0.1, 0.15) is 4.33 Å². The first-order valence-corrected chi connectivity index (χ1v) is 4.81. The van der Waals surface area contributed by atoms with E-state index in [0.717, 1.165) is 6.42 Å². The summed E-state index contributed by atoms with van der Waals surface area (Å²) in [7, 11) is 0. The average molecular weight is 222 g/mol. The van der Waals surface area contributed by atoms with Crippen LogP contribution in [0.4, 0.5) is 0 Å². The predicted molar refractivity (Wildman–Crippen MR) is 47.6 cm³/mol. The normalized spacial score (nSPS) is 39.6. The van der Waals surface area contributed by atoms with E-state index in [1.54, 1.807) is 0 Å². The molecule has 0 spiro atoms. The molecule has 0 N–H and O–H groups in total. The minimum atomic E-state index is -0.757. The monoisotopic (exact) mass is 220 g/mol. The molecule has 60 valence electrons. The third-order valence-electron chi connectivity index (χ3n) is 1.71. The molecule has 4 heteroatoms. The van der Waals surface area contributed by atoms with Gasteiger partial charge in [-0.05, 0) is 19.3 Å². The molecule has 0 bridgehead atoms. The molecule has 1 fully saturated rings. The summed E-state index contributed by atoms with van der Waals surface area (Å²) in [5.74, 6) is 0. The van der Waals surface area contributed by atoms with Gasteiger partial charge in [-0.25, -0.2) is 0 Å². The zero-order valence-electron chi connectivity index (χ0n) is 5.29. The van der Waals surface area contributed by atoms with Gasteiger partial charge >= 0.3 is 0 Å². The Bertz CT molecular complexity index is 123. The smallest absolute Gasteiger partial charge is 0.123 e. The molecule has 0 aromatic carbocycles. The van der Waals surface area contributed by atoms with E-state index in [0.29, 0.717) is 12.8 Å². The van der Waals surface area contributed by atoms with Gasteiger partial charge in [0.2, 0.25) is 0 Å². The molecule has 0 unspecified atom stereocenters. The summed E-state index contributed by atoms with van der Waals surface area (Å²) in [5.41, 5.74) is 0. The Morgan fingerprint density at radius 1 is 1.20 bits per heavy atom. The molecule has 1 rings (SSSR count). The highest BCUT2D eigenvalue weighted by Gasteiger charge is 2.38. The van der Waals surface area contributed by atoms with Gasteiger partial charge < -0.3 is 0 Å². The Labute approximate surface area is 80.8 Å². The number of alkyl halides is 4. The molecular formula is C6H8Cl4. The second-order valence-corrected chi connectivity index (χ2v) is 5.29. The lowest BCUT2D eigenvalue weighted by Crippen LogP contribution is -2.34. The van der Waals surface area contributed by atoms with Crippen LogP contribution in [0.5, 0.6) is 0 Å². The molecule has 0 aliphatic heterocycles. The minimum absolute atomic E-state index is 0.146. The van der Waals surface area contributed by atoms with Crippen LogP contribution in [0.2, 0.25) is 0 Å². The first-order valence-electron chi connectivity index (χ1n) is 3.18. The van der Waals surface area contributed by atoms with E-state index in [2.05, 4.69) is 0 Å². The quantitative estimate of drug-likeness (QED) is 0.549. The second kappa shape index (κ2) is 3.26. The van der Waals surface area contributed by atoms with Gasteiger partial charge in [-0.3, -0.25) is 0 Å². The lowest BCUT2D eigenvalue weighted by atomic mass is 9.99. The van der Waals surface area contributed by atoms with Crippen LogP contribution in [0.1, 0.15) is 19.3 Å². The third-order valence-corrected chi connectivity index (χ3v) is 3.79. The van der Waals surface area contributed by atoms with Crippen molar-refractivity contribution >= 4 is 46.4 Å². The molecule has 0 nitrogen and oxygen atoms in total. The largest absolute Gasteiger partial charge is 0.134 e. The standard InChI is InChI=1S/C6H8Cl4/c7-4-1-2-6(9,10)5(8)3-4/h4-5H,1-3H2/t4-,5-/m1/s1. The zero-order valence-corrected chi connectivity index (χ0v) is 8.31. The van der Waals surface area contributed by atoms with Crippen molar-refractivity contribution < 1.29 is 0 Å². The summed E-state index contributed by atoms with van der Waals surface area (Å²) in [6.45, 7) is 0. The van der Waals surface area contributed by atoms with Crippen LogP contribution in [-0.4, -0.2) is 15.1 Å². The van der Waals surface area contributed by atoms with Crippen molar-refractivity contribution in [3.63, 3.8) is 0 Å². The Hall–Kier alpha value is 1.16. The molecule has 0 amide bonds. The molecule has 0 aromatic heterocycles. The van der Waals surface area contributed by atoms with E-state index in [1.807, 2.05) is 0 Å². The number of hydrogen-bond acceptors (Lipinski definition) is 0. The van der Waals surface area contributed by atoms with Crippen molar-refractivity contribution in [1.29, 1.82) is 0 Å². The Kier molecular flexibility index (Phi) is 3.02. The number of rotatable bonds is 0. The maximum atomic E-state index is 5.86. The van der Waals surface area contributed by atoms with Crippen LogP contribution in [0.3, 0.4) is 0 Å². The first kappa shape index (κ1) is 9.25. The number of hydrogen-bond donors (Lipinski definition) is 0. The fraction of sp³-hybridized carbons (Fsp3) is 1.00. The fourth-order valence-electron chi connectivity index (χ4n) is 1.02.